The quantitative estimate of drug-likeness (QED) is 0.0465. The summed E-state index contributed by atoms with van der Waals surface area (Å²) in [6.45, 7) is 52.1. The maximum Gasteiger partial charge on any atom is 0.262 e. The summed E-state index contributed by atoms with van der Waals surface area (Å²) in [5.41, 5.74) is 4.17. The van der Waals surface area contributed by atoms with Crippen molar-refractivity contribution in [3.05, 3.63) is 88.5 Å². The van der Waals surface area contributed by atoms with Crippen molar-refractivity contribution in [1.82, 2.24) is 79.7 Å². The normalized spacial score (nSPS) is 12.5. The van der Waals surface area contributed by atoms with E-state index in [0.29, 0.717) is 90.1 Å². The third-order valence-electron chi connectivity index (χ3n) is 14.2. The Balaban J connectivity index is 0.000000169. The third-order valence-corrected chi connectivity index (χ3v) is 16.0. The average molecular weight is 1410 g/mol. The van der Waals surface area contributed by atoms with Gasteiger partial charge in [0.15, 0.2) is 34.5 Å². The Hall–Kier alpha value is -8.72. The highest BCUT2D eigenvalue weighted by Crippen LogP contribution is 2.37. The molecule has 6 N–H and O–H groups in total. The van der Waals surface area contributed by atoms with Crippen LogP contribution < -0.4 is 46.1 Å². The molecule has 12 rings (SSSR count). The second-order valence-corrected chi connectivity index (χ2v) is 29.9. The summed E-state index contributed by atoms with van der Waals surface area (Å²) in [5.74, 6) is 14.1. The van der Waals surface area contributed by atoms with Crippen molar-refractivity contribution in [1.29, 1.82) is 0 Å². The summed E-state index contributed by atoms with van der Waals surface area (Å²) in [6.07, 6.45) is 8.60. The molecule has 0 saturated heterocycles. The van der Waals surface area contributed by atoms with E-state index in [2.05, 4.69) is 301 Å². The topological polar surface area (TPSA) is 306 Å². The van der Waals surface area contributed by atoms with E-state index >= 15 is 0 Å². The van der Waals surface area contributed by atoms with Gasteiger partial charge in [0, 0.05) is 90.3 Å². The lowest BCUT2D eigenvalue weighted by Gasteiger charge is -2.22. The largest absolute Gasteiger partial charge is 0.488 e. The number of aryl methyl sites for hydroxylation is 1. The SMILES string of the molecule is CC(C)Nc1nc(C(C)C)nc2c1OCCC2.CC(C)Nc1nc(C(C)C)nc2c1OCCO2.CC(C)Nc1nc(C(C)C)nc2ccsc12.CC(C)Nc1nc(C(C)C)nc2nccnc12.CC(C)Nc1nc(C(C)C)nc2ncncc12.CC(C)Nc1nc(C(C)C)nc2sccc12. The van der Waals surface area contributed by atoms with E-state index in [0.717, 1.165) is 132 Å². The molecule has 0 unspecified atom stereocenters. The van der Waals surface area contributed by atoms with Crippen molar-refractivity contribution in [2.45, 2.75) is 251 Å². The first kappa shape index (κ1) is 78.6. The first-order chi connectivity index (χ1) is 47.5. The predicted octanol–water partition coefficient (Wildman–Crippen LogP) is 16.9. The van der Waals surface area contributed by atoms with Crippen LogP contribution in [0.25, 0.3) is 42.6 Å². The molecule has 0 atom stereocenters. The maximum absolute atomic E-state index is 5.70. The van der Waals surface area contributed by atoms with Gasteiger partial charge in [-0.05, 0) is 119 Å². The fourth-order valence-corrected chi connectivity index (χ4v) is 11.1. The molecule has 0 saturated carbocycles. The molecule has 2 aliphatic rings. The number of nitrogens with zero attached hydrogens (tertiary/aromatic N) is 16. The lowest BCUT2D eigenvalue weighted by atomic mass is 10.1. The number of nitrogens with one attached hydrogen (secondary N) is 6. The van der Waals surface area contributed by atoms with Crippen LogP contribution in [-0.4, -0.2) is 136 Å². The zero-order chi connectivity index (χ0) is 73.1. The van der Waals surface area contributed by atoms with Gasteiger partial charge in [-0.2, -0.15) is 4.98 Å². The van der Waals surface area contributed by atoms with Crippen LogP contribution in [0.15, 0.2) is 47.8 Å². The van der Waals surface area contributed by atoms with Crippen LogP contribution in [0.1, 0.15) is 249 Å². The molecule has 540 valence electrons. The Bertz CT molecular complexity index is 3940. The molecule has 27 heteroatoms. The minimum Gasteiger partial charge on any atom is -0.488 e. The monoisotopic (exact) mass is 1400 g/mol. The molecule has 10 aromatic heterocycles. The smallest absolute Gasteiger partial charge is 0.262 e. The highest BCUT2D eigenvalue weighted by atomic mass is 32.1. The highest BCUT2D eigenvalue weighted by Gasteiger charge is 2.24. The Kier molecular flexibility index (Phi) is 29.2. The van der Waals surface area contributed by atoms with E-state index in [-0.39, 0.29) is 17.8 Å². The molecule has 0 fully saturated rings. The van der Waals surface area contributed by atoms with Crippen molar-refractivity contribution >= 4 is 100 Å². The number of ether oxygens (including phenoxy) is 3. The average Bonchev–Trinajstić information content (AvgIpc) is 1.57. The molecular formula is C73H108N22O3S2. The molecule has 12 heterocycles. The van der Waals surface area contributed by atoms with Crippen LogP contribution in [0.4, 0.5) is 34.9 Å². The van der Waals surface area contributed by atoms with Crippen LogP contribution in [0.3, 0.4) is 0 Å². The number of hydrogen-bond donors (Lipinski definition) is 6. The predicted molar refractivity (Wildman–Crippen MR) is 411 cm³/mol. The zero-order valence-corrected chi connectivity index (χ0v) is 64.9. The summed E-state index contributed by atoms with van der Waals surface area (Å²) in [7, 11) is 0. The Morgan fingerprint density at radius 2 is 0.810 bits per heavy atom. The van der Waals surface area contributed by atoms with Gasteiger partial charge in [0.05, 0.1) is 33.3 Å². The van der Waals surface area contributed by atoms with Crippen molar-refractivity contribution in [3.8, 4) is 17.4 Å². The van der Waals surface area contributed by atoms with Gasteiger partial charge in [0.1, 0.15) is 82.3 Å². The van der Waals surface area contributed by atoms with E-state index in [1.807, 2.05) is 0 Å². The van der Waals surface area contributed by atoms with Crippen molar-refractivity contribution in [2.24, 2.45) is 0 Å². The molecule has 0 amide bonds. The Morgan fingerprint density at radius 3 is 1.40 bits per heavy atom. The summed E-state index contributed by atoms with van der Waals surface area (Å²) in [6, 6.07) is 6.16. The first-order valence-corrected chi connectivity index (χ1v) is 37.0. The fourth-order valence-electron chi connectivity index (χ4n) is 9.53. The third kappa shape index (κ3) is 22.6. The van der Waals surface area contributed by atoms with Gasteiger partial charge in [0.2, 0.25) is 5.75 Å². The van der Waals surface area contributed by atoms with Gasteiger partial charge >= 0.3 is 0 Å². The van der Waals surface area contributed by atoms with Crippen LogP contribution in [-0.2, 0) is 6.42 Å². The van der Waals surface area contributed by atoms with Gasteiger partial charge in [0.25, 0.3) is 5.88 Å². The first-order valence-electron chi connectivity index (χ1n) is 35.2. The summed E-state index contributed by atoms with van der Waals surface area (Å²) in [5, 5.41) is 26.1. The van der Waals surface area contributed by atoms with E-state index in [1.54, 1.807) is 41.3 Å². The second kappa shape index (κ2) is 37.1. The Morgan fingerprint density at radius 1 is 0.370 bits per heavy atom. The van der Waals surface area contributed by atoms with Gasteiger partial charge in [-0.25, -0.2) is 74.8 Å². The van der Waals surface area contributed by atoms with Gasteiger partial charge in [-0.1, -0.05) is 83.1 Å². The number of hydrogen-bond acceptors (Lipinski definition) is 27. The molecule has 0 aliphatic carbocycles. The summed E-state index contributed by atoms with van der Waals surface area (Å²) >= 11 is 3.36. The molecule has 0 spiro atoms. The number of anilines is 6. The molecule has 0 radical (unpaired) electrons. The maximum atomic E-state index is 5.70. The van der Waals surface area contributed by atoms with Crippen molar-refractivity contribution < 1.29 is 14.2 Å². The molecule has 10 aromatic rings. The molecule has 100 heavy (non-hydrogen) atoms. The van der Waals surface area contributed by atoms with Crippen molar-refractivity contribution in [2.75, 3.05) is 51.7 Å². The number of thiophene rings is 2. The second-order valence-electron chi connectivity index (χ2n) is 28.1. The summed E-state index contributed by atoms with van der Waals surface area (Å²) in [4.78, 5) is 72.1. The number of rotatable bonds is 18. The van der Waals surface area contributed by atoms with Gasteiger partial charge in [-0.3, -0.25) is 0 Å². The van der Waals surface area contributed by atoms with Crippen molar-refractivity contribution in [3.63, 3.8) is 0 Å². The molecule has 0 bridgehead atoms. The lowest BCUT2D eigenvalue weighted by molar-refractivity contribution is 0.163. The summed E-state index contributed by atoms with van der Waals surface area (Å²) < 4.78 is 18.0. The Labute approximate surface area is 599 Å². The van der Waals surface area contributed by atoms with Gasteiger partial charge < -0.3 is 46.1 Å². The lowest BCUT2D eigenvalue weighted by Crippen LogP contribution is -2.21. The number of aromatic nitrogens is 16. The van der Waals surface area contributed by atoms with Crippen LogP contribution in [0.2, 0.25) is 0 Å². The number of fused-ring (bicyclic) bond motifs is 6. The standard InChI is InChI=1S/C13H21N3O.2C12H17N5.C12H19N3O2.2C12H17N3S/c1-8(2)12-15-10-6-5-7-17-11(10)13(16-12)14-9(3)4;1-7(2)10-16-11-9(5-13-6-14-11)12(17-10)15-8(3)4;1-7(2)10-16-11-9(13-5-6-14-11)12(17-10)15-8(3)4;1-7(2)10-14-11(13-8(3)4)9-12(15-10)17-6-5-16-9;1-7(2)11-14-9-5-6-16-10(9)12(15-11)13-8(3)4;1-7(2)10-14-11(13-8(3)4)9-5-6-16-12(9)15-10/h8-9H,5-7H2,1-4H3,(H,14,15,16);5-8H,1-4H3,(H,13,14,15,16,17);5-8H,1-4H3,(H,14,15,16,17);7-8H,5-6H2,1-4H3,(H,13,14,15);2*5-8H,1-4H3,(H,13,14,15). The van der Waals surface area contributed by atoms with E-state index in [1.165, 1.54) is 6.33 Å². The van der Waals surface area contributed by atoms with Crippen LogP contribution in [0.5, 0.6) is 17.4 Å². The van der Waals surface area contributed by atoms with Gasteiger partial charge in [-0.15, -0.1) is 22.7 Å². The van der Waals surface area contributed by atoms with E-state index in [4.69, 9.17) is 14.2 Å². The highest BCUT2D eigenvalue weighted by molar-refractivity contribution is 7.17. The zero-order valence-electron chi connectivity index (χ0n) is 63.3. The molecule has 0 aromatic carbocycles. The van der Waals surface area contributed by atoms with Crippen LogP contribution >= 0.6 is 22.7 Å². The molecule has 25 nitrogen and oxygen atoms in total. The molecular weight excluding hydrogens is 1300 g/mol. The molecule has 2 aliphatic heterocycles. The minimum atomic E-state index is 0.263. The van der Waals surface area contributed by atoms with E-state index < -0.39 is 0 Å². The van der Waals surface area contributed by atoms with E-state index in [9.17, 15) is 0 Å². The fraction of sp³-hybridized carbons (Fsp3) is 0.562. The minimum absolute atomic E-state index is 0.263. The van der Waals surface area contributed by atoms with Crippen LogP contribution in [0, 0.1) is 0 Å².